The molecule has 0 radical (unpaired) electrons. The molecule has 24 heavy (non-hydrogen) atoms. The van der Waals surface area contributed by atoms with Crippen molar-refractivity contribution in [3.05, 3.63) is 40.6 Å². The number of hydrogen-bond donors (Lipinski definition) is 1. The van der Waals surface area contributed by atoms with E-state index in [2.05, 4.69) is 37.4 Å². The summed E-state index contributed by atoms with van der Waals surface area (Å²) in [4.78, 5) is 9.62. The Morgan fingerprint density at radius 1 is 1.12 bits per heavy atom. The third-order valence-corrected chi connectivity index (χ3v) is 4.33. The fourth-order valence-electron chi connectivity index (χ4n) is 3.08. The van der Waals surface area contributed by atoms with E-state index >= 15 is 0 Å². The molecule has 0 amide bonds. The van der Waals surface area contributed by atoms with E-state index in [0.717, 1.165) is 48.6 Å². The van der Waals surface area contributed by atoms with Gasteiger partial charge in [-0.15, -0.1) is 0 Å². The van der Waals surface area contributed by atoms with Gasteiger partial charge in [0.2, 0.25) is 5.88 Å². The van der Waals surface area contributed by atoms with Crippen LogP contribution in [0.4, 0.5) is 0 Å². The maximum Gasteiger partial charge on any atom is 0.221 e. The lowest BCUT2D eigenvalue weighted by atomic mass is 10.0. The van der Waals surface area contributed by atoms with Crippen molar-refractivity contribution in [2.45, 2.75) is 33.2 Å². The summed E-state index contributed by atoms with van der Waals surface area (Å²) < 4.78 is 11.1. The minimum atomic E-state index is 0.601. The van der Waals surface area contributed by atoms with Crippen molar-refractivity contribution in [2.24, 2.45) is 0 Å². The summed E-state index contributed by atoms with van der Waals surface area (Å²) in [6, 6.07) is 6.27. The molecular weight excluding hydrogens is 302 g/mol. The first-order valence-corrected chi connectivity index (χ1v) is 8.49. The highest BCUT2D eigenvalue weighted by atomic mass is 16.5. The summed E-state index contributed by atoms with van der Waals surface area (Å²) in [5.41, 5.74) is 5.68. The van der Waals surface area contributed by atoms with Gasteiger partial charge in [0.15, 0.2) is 5.82 Å². The van der Waals surface area contributed by atoms with E-state index < -0.39 is 0 Å². The molecule has 5 heteroatoms. The summed E-state index contributed by atoms with van der Waals surface area (Å²) in [5, 5.41) is 3.38. The van der Waals surface area contributed by atoms with Gasteiger partial charge in [0, 0.05) is 50.8 Å². The number of nitrogens with one attached hydrogen (secondary N) is 1. The van der Waals surface area contributed by atoms with Crippen LogP contribution in [0.25, 0.3) is 11.4 Å². The van der Waals surface area contributed by atoms with Crippen LogP contribution in [0.2, 0.25) is 0 Å². The number of hydrogen-bond acceptors (Lipinski definition) is 5. The second-order valence-electron chi connectivity index (χ2n) is 6.17. The third-order valence-electron chi connectivity index (χ3n) is 4.33. The number of aromatic nitrogens is 2. The number of benzene rings is 1. The largest absolute Gasteiger partial charge is 0.477 e. The number of rotatable bonds is 6. The molecule has 1 N–H and O–H groups in total. The number of nitrogens with zero attached hydrogens (tertiary/aromatic N) is 2. The van der Waals surface area contributed by atoms with Gasteiger partial charge in [-0.3, -0.25) is 0 Å². The first-order chi connectivity index (χ1) is 11.7. The molecule has 5 nitrogen and oxygen atoms in total. The van der Waals surface area contributed by atoms with Crippen molar-refractivity contribution in [3.63, 3.8) is 0 Å². The van der Waals surface area contributed by atoms with Crippen LogP contribution in [0.3, 0.4) is 0 Å². The molecule has 128 valence electrons. The van der Waals surface area contributed by atoms with E-state index in [1.165, 1.54) is 11.1 Å². The maximum absolute atomic E-state index is 5.98. The molecule has 0 atom stereocenters. The molecule has 2 aromatic rings. The highest BCUT2D eigenvalue weighted by Gasteiger charge is 2.20. The Balaban J connectivity index is 1.98. The van der Waals surface area contributed by atoms with E-state index in [9.17, 15) is 0 Å². The molecule has 0 aliphatic carbocycles. The topological polar surface area (TPSA) is 56.3 Å². The summed E-state index contributed by atoms with van der Waals surface area (Å²) in [6.45, 7) is 7.21. The fourth-order valence-corrected chi connectivity index (χ4v) is 3.08. The lowest BCUT2D eigenvalue weighted by Gasteiger charge is -2.21. The molecule has 0 saturated heterocycles. The Hall–Kier alpha value is -1.98. The molecule has 0 bridgehead atoms. The first kappa shape index (κ1) is 16.9. The molecule has 1 aromatic heterocycles. The van der Waals surface area contributed by atoms with Gasteiger partial charge in [0.25, 0.3) is 0 Å². The Kier molecular flexibility index (Phi) is 5.43. The standard InChI is InChI=1S/C19H25N3O2/c1-13-6-4-7-14(2)17(13)18-21-16-8-9-20-12-15(16)19(22-18)24-11-5-10-23-3/h4,6-7,20H,5,8-12H2,1-3H3. The Labute approximate surface area is 143 Å². The first-order valence-electron chi connectivity index (χ1n) is 8.49. The summed E-state index contributed by atoms with van der Waals surface area (Å²) >= 11 is 0. The lowest BCUT2D eigenvalue weighted by Crippen LogP contribution is -2.26. The summed E-state index contributed by atoms with van der Waals surface area (Å²) in [6.07, 6.45) is 1.76. The van der Waals surface area contributed by atoms with Crippen LogP contribution in [0.5, 0.6) is 5.88 Å². The number of ether oxygens (including phenoxy) is 2. The zero-order chi connectivity index (χ0) is 16.9. The molecule has 1 aliphatic rings. The Morgan fingerprint density at radius 3 is 2.67 bits per heavy atom. The molecule has 1 aromatic carbocycles. The molecule has 1 aliphatic heterocycles. The highest BCUT2D eigenvalue weighted by molar-refractivity contribution is 5.65. The second-order valence-corrected chi connectivity index (χ2v) is 6.17. The van der Waals surface area contributed by atoms with Crippen LogP contribution >= 0.6 is 0 Å². The molecule has 2 heterocycles. The normalized spacial score (nSPS) is 13.6. The Bertz CT molecular complexity index is 696. The monoisotopic (exact) mass is 327 g/mol. The number of fused-ring (bicyclic) bond motifs is 1. The van der Waals surface area contributed by atoms with Crippen molar-refractivity contribution >= 4 is 0 Å². The van der Waals surface area contributed by atoms with Crippen LogP contribution in [0.1, 0.15) is 28.8 Å². The fraction of sp³-hybridized carbons (Fsp3) is 0.474. The smallest absolute Gasteiger partial charge is 0.221 e. The van der Waals surface area contributed by atoms with Crippen molar-refractivity contribution in [1.82, 2.24) is 15.3 Å². The van der Waals surface area contributed by atoms with Crippen molar-refractivity contribution in [1.29, 1.82) is 0 Å². The zero-order valence-electron chi connectivity index (χ0n) is 14.7. The maximum atomic E-state index is 5.98. The van der Waals surface area contributed by atoms with Crippen molar-refractivity contribution < 1.29 is 9.47 Å². The van der Waals surface area contributed by atoms with Crippen LogP contribution in [-0.4, -0.2) is 36.8 Å². The van der Waals surface area contributed by atoms with Gasteiger partial charge in [-0.2, -0.15) is 4.98 Å². The van der Waals surface area contributed by atoms with E-state index in [1.807, 2.05) is 0 Å². The van der Waals surface area contributed by atoms with Gasteiger partial charge < -0.3 is 14.8 Å². The lowest BCUT2D eigenvalue weighted by molar-refractivity contribution is 0.170. The highest BCUT2D eigenvalue weighted by Crippen LogP contribution is 2.29. The minimum Gasteiger partial charge on any atom is -0.477 e. The summed E-state index contributed by atoms with van der Waals surface area (Å²) in [5.74, 6) is 1.48. The molecule has 0 saturated carbocycles. The molecule has 3 rings (SSSR count). The van der Waals surface area contributed by atoms with Gasteiger partial charge in [-0.1, -0.05) is 18.2 Å². The van der Waals surface area contributed by atoms with Crippen molar-refractivity contribution in [3.8, 4) is 17.3 Å². The van der Waals surface area contributed by atoms with Crippen LogP contribution in [0, 0.1) is 13.8 Å². The zero-order valence-corrected chi connectivity index (χ0v) is 14.7. The van der Waals surface area contributed by atoms with E-state index in [1.54, 1.807) is 7.11 Å². The summed E-state index contributed by atoms with van der Waals surface area (Å²) in [7, 11) is 1.70. The predicted octanol–water partition coefficient (Wildman–Crippen LogP) is 2.82. The second kappa shape index (κ2) is 7.73. The van der Waals surface area contributed by atoms with Gasteiger partial charge in [-0.25, -0.2) is 4.98 Å². The van der Waals surface area contributed by atoms with E-state index in [-0.39, 0.29) is 0 Å². The number of aryl methyl sites for hydroxylation is 2. The van der Waals surface area contributed by atoms with Crippen LogP contribution < -0.4 is 10.1 Å². The van der Waals surface area contributed by atoms with Gasteiger partial charge in [0.05, 0.1) is 12.3 Å². The average Bonchev–Trinajstić information content (AvgIpc) is 2.58. The molecular formula is C19H25N3O2. The van der Waals surface area contributed by atoms with Gasteiger partial charge >= 0.3 is 0 Å². The third kappa shape index (κ3) is 3.57. The van der Waals surface area contributed by atoms with Gasteiger partial charge in [-0.05, 0) is 25.0 Å². The molecule has 0 fully saturated rings. The van der Waals surface area contributed by atoms with E-state index in [0.29, 0.717) is 19.1 Å². The predicted molar refractivity (Wildman–Crippen MR) is 94.3 cm³/mol. The SMILES string of the molecule is COCCCOc1nc(-c2c(C)cccc2C)nc2c1CNCC2. The quantitative estimate of drug-likeness (QED) is 0.827. The van der Waals surface area contributed by atoms with Crippen LogP contribution in [0.15, 0.2) is 18.2 Å². The number of methoxy groups -OCH3 is 1. The molecule has 0 spiro atoms. The van der Waals surface area contributed by atoms with Crippen molar-refractivity contribution in [2.75, 3.05) is 26.9 Å². The minimum absolute atomic E-state index is 0.601. The van der Waals surface area contributed by atoms with Crippen LogP contribution in [-0.2, 0) is 17.7 Å². The van der Waals surface area contributed by atoms with E-state index in [4.69, 9.17) is 19.4 Å². The van der Waals surface area contributed by atoms with Gasteiger partial charge in [0.1, 0.15) is 0 Å². The molecule has 0 unspecified atom stereocenters. The Morgan fingerprint density at radius 2 is 1.92 bits per heavy atom. The average molecular weight is 327 g/mol.